The molecule has 1 aliphatic carbocycles. The van der Waals surface area contributed by atoms with Gasteiger partial charge in [-0.3, -0.25) is 0 Å². The molecule has 3 rings (SSSR count). The maximum absolute atomic E-state index is 11.5. The summed E-state index contributed by atoms with van der Waals surface area (Å²) in [6.07, 6.45) is 12.6. The Morgan fingerprint density at radius 1 is 0.900 bits per heavy atom. The van der Waals surface area contributed by atoms with Crippen molar-refractivity contribution in [3.63, 3.8) is 0 Å². The molecule has 1 N–H and O–H groups in total. The molecule has 0 aromatic heterocycles. The van der Waals surface area contributed by atoms with Crippen LogP contribution >= 0.6 is 0 Å². The molecular weight excluding hydrogens is 368 g/mol. The fourth-order valence-corrected chi connectivity index (χ4v) is 5.10. The Kier molecular flexibility index (Phi) is 8.54. The van der Waals surface area contributed by atoms with Crippen LogP contribution in [-0.4, -0.2) is 11.1 Å². The molecule has 30 heavy (non-hydrogen) atoms. The van der Waals surface area contributed by atoms with E-state index in [1.807, 2.05) is 18.2 Å². The standard InChI is InChI=1S/C28H38O2/c1-3-6-22-11-13-24(14-12-22)19-20-25-17-15-23(16-18-25)10-9-21(2)26-7-4-5-8-27(26)28(29)30/h4-5,7-8,11-14,21,23,25H,3,6,9-10,15-20H2,1-2H3,(H,29,30). The quantitative estimate of drug-likeness (QED) is 0.440. The molecule has 1 fully saturated rings. The van der Waals surface area contributed by atoms with E-state index in [4.69, 9.17) is 0 Å². The summed E-state index contributed by atoms with van der Waals surface area (Å²) in [4.78, 5) is 11.5. The first kappa shape index (κ1) is 22.6. The lowest BCUT2D eigenvalue weighted by Crippen LogP contribution is -2.16. The zero-order valence-electron chi connectivity index (χ0n) is 18.8. The number of aryl methyl sites for hydroxylation is 2. The Morgan fingerprint density at radius 3 is 2.07 bits per heavy atom. The highest BCUT2D eigenvalue weighted by Crippen LogP contribution is 2.36. The van der Waals surface area contributed by atoms with Gasteiger partial charge in [-0.15, -0.1) is 0 Å². The normalized spacial score (nSPS) is 20.1. The van der Waals surface area contributed by atoms with Gasteiger partial charge in [0.15, 0.2) is 0 Å². The molecule has 1 atom stereocenters. The van der Waals surface area contributed by atoms with Gasteiger partial charge in [0.05, 0.1) is 5.56 Å². The monoisotopic (exact) mass is 406 g/mol. The first-order valence-corrected chi connectivity index (χ1v) is 12.0. The molecule has 0 aliphatic heterocycles. The van der Waals surface area contributed by atoms with Crippen LogP contribution < -0.4 is 0 Å². The fourth-order valence-electron chi connectivity index (χ4n) is 5.10. The Morgan fingerprint density at radius 2 is 1.47 bits per heavy atom. The lowest BCUT2D eigenvalue weighted by Gasteiger charge is -2.29. The summed E-state index contributed by atoms with van der Waals surface area (Å²) in [7, 11) is 0. The third-order valence-electron chi connectivity index (χ3n) is 7.10. The van der Waals surface area contributed by atoms with Crippen molar-refractivity contribution in [3.05, 3.63) is 70.8 Å². The number of rotatable bonds is 10. The van der Waals surface area contributed by atoms with Crippen LogP contribution in [0.1, 0.15) is 98.2 Å². The predicted molar refractivity (Wildman–Crippen MR) is 125 cm³/mol. The molecular formula is C28H38O2. The van der Waals surface area contributed by atoms with Crippen LogP contribution in [0, 0.1) is 11.8 Å². The summed E-state index contributed by atoms with van der Waals surface area (Å²) < 4.78 is 0. The van der Waals surface area contributed by atoms with Crippen molar-refractivity contribution >= 4 is 5.97 Å². The average Bonchev–Trinajstić information content (AvgIpc) is 2.78. The maximum atomic E-state index is 11.5. The van der Waals surface area contributed by atoms with Gasteiger partial charge in [0.1, 0.15) is 0 Å². The van der Waals surface area contributed by atoms with Gasteiger partial charge >= 0.3 is 5.97 Å². The van der Waals surface area contributed by atoms with Crippen LogP contribution in [0.5, 0.6) is 0 Å². The van der Waals surface area contributed by atoms with Gasteiger partial charge < -0.3 is 5.11 Å². The van der Waals surface area contributed by atoms with E-state index in [0.29, 0.717) is 11.5 Å². The number of carboxylic acid groups (broad SMARTS) is 1. The van der Waals surface area contributed by atoms with Crippen molar-refractivity contribution in [2.75, 3.05) is 0 Å². The zero-order chi connectivity index (χ0) is 21.3. The first-order valence-electron chi connectivity index (χ1n) is 12.0. The van der Waals surface area contributed by atoms with E-state index in [0.717, 1.165) is 23.8 Å². The Hall–Kier alpha value is -2.09. The molecule has 0 heterocycles. The second kappa shape index (κ2) is 11.3. The lowest BCUT2D eigenvalue weighted by atomic mass is 9.76. The van der Waals surface area contributed by atoms with Crippen molar-refractivity contribution < 1.29 is 9.90 Å². The van der Waals surface area contributed by atoms with Crippen LogP contribution in [-0.2, 0) is 12.8 Å². The number of hydrogen-bond acceptors (Lipinski definition) is 1. The molecule has 162 valence electrons. The van der Waals surface area contributed by atoms with E-state index >= 15 is 0 Å². The van der Waals surface area contributed by atoms with Gasteiger partial charge in [-0.1, -0.05) is 88.4 Å². The van der Waals surface area contributed by atoms with Gasteiger partial charge in [0.25, 0.3) is 0 Å². The minimum atomic E-state index is -0.807. The van der Waals surface area contributed by atoms with Gasteiger partial charge in [0.2, 0.25) is 0 Å². The molecule has 0 saturated heterocycles. The van der Waals surface area contributed by atoms with E-state index in [9.17, 15) is 9.90 Å². The first-order chi connectivity index (χ1) is 14.6. The zero-order valence-corrected chi connectivity index (χ0v) is 18.8. The Labute approximate surface area is 182 Å². The van der Waals surface area contributed by atoms with Gasteiger partial charge in [0, 0.05) is 0 Å². The summed E-state index contributed by atoms with van der Waals surface area (Å²) >= 11 is 0. The number of hydrogen-bond donors (Lipinski definition) is 1. The summed E-state index contributed by atoms with van der Waals surface area (Å²) in [5.41, 5.74) is 4.41. The molecule has 0 spiro atoms. The number of carbonyl (C=O) groups is 1. The molecule has 1 saturated carbocycles. The minimum absolute atomic E-state index is 0.311. The van der Waals surface area contributed by atoms with Gasteiger partial charge in [-0.05, 0) is 72.6 Å². The van der Waals surface area contributed by atoms with E-state index in [1.54, 1.807) is 6.07 Å². The summed E-state index contributed by atoms with van der Waals surface area (Å²) in [5.74, 6) is 1.19. The molecule has 2 nitrogen and oxygen atoms in total. The SMILES string of the molecule is CCCc1ccc(CCC2CCC(CCC(C)c3ccccc3C(=O)O)CC2)cc1. The maximum Gasteiger partial charge on any atom is 0.335 e. The van der Waals surface area contributed by atoms with Crippen molar-refractivity contribution in [2.45, 2.75) is 84.0 Å². The highest BCUT2D eigenvalue weighted by atomic mass is 16.4. The van der Waals surface area contributed by atoms with Crippen LogP contribution in [0.2, 0.25) is 0 Å². The van der Waals surface area contributed by atoms with Crippen LogP contribution in [0.25, 0.3) is 0 Å². The molecule has 2 aromatic rings. The second-order valence-corrected chi connectivity index (χ2v) is 9.36. The number of benzene rings is 2. The summed E-state index contributed by atoms with van der Waals surface area (Å²) in [6.45, 7) is 4.42. The van der Waals surface area contributed by atoms with E-state index in [-0.39, 0.29) is 0 Å². The van der Waals surface area contributed by atoms with Crippen molar-refractivity contribution in [2.24, 2.45) is 11.8 Å². The molecule has 2 heteroatoms. The lowest BCUT2D eigenvalue weighted by molar-refractivity contribution is 0.0695. The molecule has 1 aliphatic rings. The summed E-state index contributed by atoms with van der Waals surface area (Å²) in [5, 5.41) is 9.43. The predicted octanol–water partition coefficient (Wildman–Crippen LogP) is 7.66. The highest BCUT2D eigenvalue weighted by molar-refractivity contribution is 5.89. The van der Waals surface area contributed by atoms with E-state index < -0.39 is 5.97 Å². The highest BCUT2D eigenvalue weighted by Gasteiger charge is 2.22. The third kappa shape index (κ3) is 6.45. The van der Waals surface area contributed by atoms with Gasteiger partial charge in [-0.2, -0.15) is 0 Å². The van der Waals surface area contributed by atoms with Crippen LogP contribution in [0.4, 0.5) is 0 Å². The topological polar surface area (TPSA) is 37.3 Å². The third-order valence-corrected chi connectivity index (χ3v) is 7.10. The summed E-state index contributed by atoms with van der Waals surface area (Å²) in [6, 6.07) is 16.8. The smallest absolute Gasteiger partial charge is 0.335 e. The largest absolute Gasteiger partial charge is 0.478 e. The fraction of sp³-hybridized carbons (Fsp3) is 0.536. The van der Waals surface area contributed by atoms with Crippen molar-refractivity contribution in [1.29, 1.82) is 0 Å². The van der Waals surface area contributed by atoms with Crippen LogP contribution in [0.3, 0.4) is 0 Å². The van der Waals surface area contributed by atoms with E-state index in [1.165, 1.54) is 68.9 Å². The van der Waals surface area contributed by atoms with E-state index in [2.05, 4.69) is 38.1 Å². The number of aromatic carboxylic acids is 1. The van der Waals surface area contributed by atoms with Gasteiger partial charge in [-0.25, -0.2) is 4.79 Å². The number of carboxylic acids is 1. The molecule has 2 aromatic carbocycles. The molecule has 0 amide bonds. The minimum Gasteiger partial charge on any atom is -0.478 e. The Bertz CT molecular complexity index is 785. The van der Waals surface area contributed by atoms with Crippen LogP contribution in [0.15, 0.2) is 48.5 Å². The Balaban J connectivity index is 1.39. The molecule has 0 radical (unpaired) electrons. The average molecular weight is 407 g/mol. The molecule has 1 unspecified atom stereocenters. The molecule has 0 bridgehead atoms. The van der Waals surface area contributed by atoms with Crippen molar-refractivity contribution in [1.82, 2.24) is 0 Å². The second-order valence-electron chi connectivity index (χ2n) is 9.36. The van der Waals surface area contributed by atoms with Crippen molar-refractivity contribution in [3.8, 4) is 0 Å².